The van der Waals surface area contributed by atoms with Gasteiger partial charge >= 0.3 is 5.97 Å². The highest BCUT2D eigenvalue weighted by Gasteiger charge is 2.57. The van der Waals surface area contributed by atoms with Crippen molar-refractivity contribution in [1.82, 2.24) is 0 Å². The molecule has 1 aromatic heterocycles. The Hall–Kier alpha value is -1.55. The summed E-state index contributed by atoms with van der Waals surface area (Å²) in [7, 11) is 0. The molecule has 132 valence electrons. The van der Waals surface area contributed by atoms with Crippen molar-refractivity contribution in [1.29, 1.82) is 0 Å². The zero-order chi connectivity index (χ0) is 17.4. The Labute approximate surface area is 143 Å². The number of aliphatic carboxylic acids is 1. The van der Waals surface area contributed by atoms with Crippen LogP contribution >= 0.6 is 0 Å². The van der Waals surface area contributed by atoms with Gasteiger partial charge in [0.2, 0.25) is 0 Å². The normalized spacial score (nSPS) is 36.0. The molecule has 1 fully saturated rings. The van der Waals surface area contributed by atoms with Crippen LogP contribution in [0.15, 0.2) is 34.7 Å². The molecular weight excluding hydrogens is 304 g/mol. The fourth-order valence-electron chi connectivity index (χ4n) is 5.32. The predicted octanol–water partition coefficient (Wildman–Crippen LogP) is 4.05. The molecule has 4 heteroatoms. The van der Waals surface area contributed by atoms with Gasteiger partial charge in [0.25, 0.3) is 0 Å². The molecule has 2 N–H and O–H groups in total. The van der Waals surface area contributed by atoms with E-state index in [0.717, 1.165) is 38.5 Å². The molecule has 0 aromatic carbocycles. The summed E-state index contributed by atoms with van der Waals surface area (Å²) in [4.78, 5) is 11.8. The van der Waals surface area contributed by atoms with E-state index in [2.05, 4.69) is 13.8 Å². The topological polar surface area (TPSA) is 70.7 Å². The lowest BCUT2D eigenvalue weighted by atomic mass is 9.46. The van der Waals surface area contributed by atoms with Crippen LogP contribution in [0.1, 0.15) is 51.5 Å². The lowest BCUT2D eigenvalue weighted by molar-refractivity contribution is -0.139. The van der Waals surface area contributed by atoms with Gasteiger partial charge in [-0.25, -0.2) is 4.79 Å². The van der Waals surface area contributed by atoms with E-state index in [0.29, 0.717) is 11.5 Å². The second kappa shape index (κ2) is 6.40. The first-order valence-electron chi connectivity index (χ1n) is 9.00. The maximum atomic E-state index is 11.8. The minimum Gasteiger partial charge on any atom is -0.478 e. The number of hydrogen-bond acceptors (Lipinski definition) is 3. The fraction of sp³-hybridized carbons (Fsp3) is 0.650. The standard InChI is InChI=1S/C20H28O4/c1-14-6-10-20(13-21)16(18(22)23)4-3-5-17(20)19(14,2)9-7-15-8-11-24-12-15/h4,8,11-12,14,17,21H,3,5-7,9-10,13H2,1-2H3,(H,22,23)/t14-,17?,19+,20-/m1/s1. The van der Waals surface area contributed by atoms with Crippen molar-refractivity contribution in [2.45, 2.75) is 52.4 Å². The van der Waals surface area contributed by atoms with E-state index in [9.17, 15) is 15.0 Å². The van der Waals surface area contributed by atoms with E-state index >= 15 is 0 Å². The first-order chi connectivity index (χ1) is 11.4. The first kappa shape index (κ1) is 17.3. The highest BCUT2D eigenvalue weighted by atomic mass is 16.4. The van der Waals surface area contributed by atoms with Crippen LogP contribution in [0.2, 0.25) is 0 Å². The monoisotopic (exact) mass is 332 g/mol. The van der Waals surface area contributed by atoms with Crippen LogP contribution < -0.4 is 0 Å². The second-order valence-corrected chi connectivity index (χ2v) is 7.94. The Kier molecular flexibility index (Phi) is 4.60. The molecule has 0 amide bonds. The molecule has 1 heterocycles. The number of carbonyl (C=O) groups is 1. The van der Waals surface area contributed by atoms with Crippen molar-refractivity contribution in [3.05, 3.63) is 35.8 Å². The number of hydrogen-bond donors (Lipinski definition) is 2. The van der Waals surface area contributed by atoms with Gasteiger partial charge in [0.05, 0.1) is 19.1 Å². The van der Waals surface area contributed by atoms with Gasteiger partial charge in [-0.1, -0.05) is 19.9 Å². The molecule has 3 rings (SSSR count). The van der Waals surface area contributed by atoms with Gasteiger partial charge in [0.1, 0.15) is 0 Å². The van der Waals surface area contributed by atoms with Crippen LogP contribution in [0.25, 0.3) is 0 Å². The van der Waals surface area contributed by atoms with Crippen LogP contribution in [0.3, 0.4) is 0 Å². The quantitative estimate of drug-likeness (QED) is 0.853. The minimum atomic E-state index is -0.861. The van der Waals surface area contributed by atoms with Gasteiger partial charge in [-0.2, -0.15) is 0 Å². The van der Waals surface area contributed by atoms with Crippen molar-refractivity contribution < 1.29 is 19.4 Å². The number of rotatable bonds is 5. The highest BCUT2D eigenvalue weighted by Crippen LogP contribution is 2.61. The summed E-state index contributed by atoms with van der Waals surface area (Å²) in [5.74, 6) is -0.135. The van der Waals surface area contributed by atoms with Crippen molar-refractivity contribution in [2.24, 2.45) is 22.7 Å². The zero-order valence-corrected chi connectivity index (χ0v) is 14.6. The van der Waals surface area contributed by atoms with E-state index in [1.807, 2.05) is 12.1 Å². The Morgan fingerprint density at radius 1 is 1.42 bits per heavy atom. The zero-order valence-electron chi connectivity index (χ0n) is 14.6. The number of aryl methyl sites for hydroxylation is 1. The summed E-state index contributed by atoms with van der Waals surface area (Å²) in [6.45, 7) is 4.52. The molecule has 4 nitrogen and oxygen atoms in total. The maximum Gasteiger partial charge on any atom is 0.331 e. The highest BCUT2D eigenvalue weighted by molar-refractivity contribution is 5.88. The summed E-state index contributed by atoms with van der Waals surface area (Å²) in [5, 5.41) is 19.9. The molecule has 24 heavy (non-hydrogen) atoms. The molecule has 0 saturated heterocycles. The third-order valence-electron chi connectivity index (χ3n) is 7.00. The average Bonchev–Trinajstić information content (AvgIpc) is 3.09. The number of fused-ring (bicyclic) bond motifs is 1. The summed E-state index contributed by atoms with van der Waals surface area (Å²) in [6, 6.07) is 2.00. The largest absolute Gasteiger partial charge is 0.478 e. The molecule has 1 saturated carbocycles. The van der Waals surface area contributed by atoms with E-state index < -0.39 is 11.4 Å². The van der Waals surface area contributed by atoms with Gasteiger partial charge < -0.3 is 14.6 Å². The third-order valence-corrected chi connectivity index (χ3v) is 7.00. The van der Waals surface area contributed by atoms with Crippen molar-refractivity contribution in [2.75, 3.05) is 6.61 Å². The van der Waals surface area contributed by atoms with Gasteiger partial charge in [-0.3, -0.25) is 0 Å². The van der Waals surface area contributed by atoms with Gasteiger partial charge in [-0.15, -0.1) is 0 Å². The Morgan fingerprint density at radius 2 is 2.21 bits per heavy atom. The Morgan fingerprint density at radius 3 is 2.83 bits per heavy atom. The van der Waals surface area contributed by atoms with Crippen molar-refractivity contribution in [3.8, 4) is 0 Å². The third kappa shape index (κ3) is 2.61. The van der Waals surface area contributed by atoms with E-state index in [1.165, 1.54) is 5.56 Å². The van der Waals surface area contributed by atoms with Gasteiger partial charge in [0, 0.05) is 11.0 Å². The molecule has 1 unspecified atom stereocenters. The summed E-state index contributed by atoms with van der Waals surface area (Å²) >= 11 is 0. The van der Waals surface area contributed by atoms with Gasteiger partial charge in [-0.05, 0) is 67.4 Å². The van der Waals surface area contributed by atoms with Crippen LogP contribution in [-0.2, 0) is 11.2 Å². The number of aliphatic hydroxyl groups is 1. The second-order valence-electron chi connectivity index (χ2n) is 7.94. The lowest BCUT2D eigenvalue weighted by Gasteiger charge is -2.58. The molecule has 0 radical (unpaired) electrons. The number of aliphatic hydroxyl groups excluding tert-OH is 1. The molecule has 1 aromatic rings. The SMILES string of the molecule is C[C@@H]1CC[C@@]2(CO)C(C(=O)O)=CCCC2[C@@]1(C)CCc1ccoc1. The van der Waals surface area contributed by atoms with Gasteiger partial charge in [0.15, 0.2) is 0 Å². The van der Waals surface area contributed by atoms with E-state index in [-0.39, 0.29) is 17.9 Å². The Balaban J connectivity index is 1.93. The predicted molar refractivity (Wildman–Crippen MR) is 91.5 cm³/mol. The number of carboxylic acids is 1. The van der Waals surface area contributed by atoms with Crippen LogP contribution in [0, 0.1) is 22.7 Å². The van der Waals surface area contributed by atoms with Crippen LogP contribution in [-0.4, -0.2) is 22.8 Å². The minimum absolute atomic E-state index is 0.0210. The molecule has 2 aliphatic carbocycles. The van der Waals surface area contributed by atoms with E-state index in [4.69, 9.17) is 4.42 Å². The molecule has 0 bridgehead atoms. The molecular formula is C20H28O4. The maximum absolute atomic E-state index is 11.8. The Bertz CT molecular complexity index is 618. The molecule has 0 aliphatic heterocycles. The first-order valence-corrected chi connectivity index (χ1v) is 9.00. The van der Waals surface area contributed by atoms with Crippen molar-refractivity contribution in [3.63, 3.8) is 0 Å². The molecule has 4 atom stereocenters. The van der Waals surface area contributed by atoms with E-state index in [1.54, 1.807) is 12.5 Å². The number of allylic oxidation sites excluding steroid dienone is 1. The molecule has 0 spiro atoms. The summed E-state index contributed by atoms with van der Waals surface area (Å²) < 4.78 is 5.18. The average molecular weight is 332 g/mol. The summed E-state index contributed by atoms with van der Waals surface area (Å²) in [5.41, 5.74) is 1.07. The summed E-state index contributed by atoms with van der Waals surface area (Å²) in [6.07, 6.45) is 10.8. The lowest BCUT2D eigenvalue weighted by Crippen LogP contribution is -2.54. The number of carboxylic acid groups (broad SMARTS) is 1. The molecule has 2 aliphatic rings. The number of furan rings is 1. The van der Waals surface area contributed by atoms with Crippen molar-refractivity contribution >= 4 is 5.97 Å². The van der Waals surface area contributed by atoms with Crippen LogP contribution in [0.5, 0.6) is 0 Å². The van der Waals surface area contributed by atoms with Crippen LogP contribution in [0.4, 0.5) is 0 Å². The fourth-order valence-corrected chi connectivity index (χ4v) is 5.32. The smallest absolute Gasteiger partial charge is 0.331 e.